The minimum absolute atomic E-state index is 0.481. The average Bonchev–Trinajstić information content (AvgIpc) is 2.58. The van der Waals surface area contributed by atoms with Gasteiger partial charge in [0.05, 0.1) is 11.1 Å². The summed E-state index contributed by atoms with van der Waals surface area (Å²) in [7, 11) is 0. The van der Waals surface area contributed by atoms with Crippen LogP contribution in [0, 0.1) is 0 Å². The Morgan fingerprint density at radius 3 is 2.50 bits per heavy atom. The lowest BCUT2D eigenvalue weighted by Crippen LogP contribution is -2.19. The third-order valence-corrected chi connectivity index (χ3v) is 5.40. The van der Waals surface area contributed by atoms with E-state index in [2.05, 4.69) is 13.0 Å². The molecule has 1 aliphatic rings. The molecule has 24 heavy (non-hydrogen) atoms. The molecule has 0 aliphatic carbocycles. The lowest BCUT2D eigenvalue weighted by atomic mass is 9.97. The summed E-state index contributed by atoms with van der Waals surface area (Å²) in [5.41, 5.74) is 0.989. The summed E-state index contributed by atoms with van der Waals surface area (Å²) in [6.45, 7) is 2.23. The SMILES string of the molecule is CCCCCCCCSc1cc2c3c(cccc3c1)C(=O)OC2=O. The van der Waals surface area contributed by atoms with Gasteiger partial charge in [-0.05, 0) is 35.8 Å². The lowest BCUT2D eigenvalue weighted by molar-refractivity contribution is 0.0391. The Morgan fingerprint density at radius 2 is 1.67 bits per heavy atom. The van der Waals surface area contributed by atoms with Crippen LogP contribution in [0.25, 0.3) is 10.8 Å². The number of carbonyl (C=O) groups excluding carboxylic acids is 2. The Morgan fingerprint density at radius 1 is 0.917 bits per heavy atom. The summed E-state index contributed by atoms with van der Waals surface area (Å²) in [5, 5.41) is 1.66. The fourth-order valence-corrected chi connectivity index (χ4v) is 4.08. The van der Waals surface area contributed by atoms with Crippen molar-refractivity contribution in [2.45, 2.75) is 50.3 Å². The molecule has 3 rings (SSSR count). The van der Waals surface area contributed by atoms with Crippen LogP contribution < -0.4 is 0 Å². The molecule has 0 saturated carbocycles. The second-order valence-electron chi connectivity index (χ2n) is 6.17. The third kappa shape index (κ3) is 3.64. The topological polar surface area (TPSA) is 43.4 Å². The molecule has 0 spiro atoms. The molecule has 126 valence electrons. The number of unbranched alkanes of at least 4 members (excludes halogenated alkanes) is 5. The predicted molar refractivity (Wildman–Crippen MR) is 97.8 cm³/mol. The van der Waals surface area contributed by atoms with Crippen LogP contribution >= 0.6 is 11.8 Å². The quantitative estimate of drug-likeness (QED) is 0.271. The van der Waals surface area contributed by atoms with E-state index in [-0.39, 0.29) is 0 Å². The monoisotopic (exact) mass is 342 g/mol. The van der Waals surface area contributed by atoms with Gasteiger partial charge in [-0.2, -0.15) is 0 Å². The Kier molecular flexibility index (Phi) is 5.56. The molecule has 1 aliphatic heterocycles. The molecule has 0 amide bonds. The molecule has 0 atom stereocenters. The molecule has 4 heteroatoms. The van der Waals surface area contributed by atoms with Crippen LogP contribution in [-0.4, -0.2) is 17.7 Å². The van der Waals surface area contributed by atoms with Gasteiger partial charge in [-0.15, -0.1) is 11.8 Å². The van der Waals surface area contributed by atoms with Gasteiger partial charge < -0.3 is 4.74 Å². The summed E-state index contributed by atoms with van der Waals surface area (Å²) in [4.78, 5) is 25.0. The van der Waals surface area contributed by atoms with Gasteiger partial charge in [0, 0.05) is 10.3 Å². The Balaban J connectivity index is 1.70. The molecule has 1 heterocycles. The van der Waals surface area contributed by atoms with Crippen LogP contribution in [0.1, 0.15) is 66.2 Å². The number of rotatable bonds is 8. The number of esters is 2. The van der Waals surface area contributed by atoms with Crippen molar-refractivity contribution in [3.63, 3.8) is 0 Å². The Hall–Kier alpha value is -1.81. The maximum atomic E-state index is 12.1. The van der Waals surface area contributed by atoms with Crippen molar-refractivity contribution >= 4 is 34.5 Å². The minimum Gasteiger partial charge on any atom is -0.386 e. The van der Waals surface area contributed by atoms with Crippen molar-refractivity contribution < 1.29 is 14.3 Å². The van der Waals surface area contributed by atoms with Crippen molar-refractivity contribution in [3.05, 3.63) is 41.5 Å². The summed E-state index contributed by atoms with van der Waals surface area (Å²) in [5.74, 6) is -0.0404. The van der Waals surface area contributed by atoms with Gasteiger partial charge in [0.2, 0.25) is 0 Å². The first-order valence-corrected chi connectivity index (χ1v) is 9.65. The van der Waals surface area contributed by atoms with Crippen molar-refractivity contribution in [3.8, 4) is 0 Å². The van der Waals surface area contributed by atoms with Gasteiger partial charge in [0.1, 0.15) is 0 Å². The second kappa shape index (κ2) is 7.84. The molecule has 0 fully saturated rings. The van der Waals surface area contributed by atoms with Gasteiger partial charge >= 0.3 is 11.9 Å². The minimum atomic E-state index is -0.550. The van der Waals surface area contributed by atoms with E-state index in [1.165, 1.54) is 38.5 Å². The highest BCUT2D eigenvalue weighted by molar-refractivity contribution is 7.99. The normalized spacial score (nSPS) is 13.4. The maximum absolute atomic E-state index is 12.1. The van der Waals surface area contributed by atoms with E-state index < -0.39 is 11.9 Å². The first-order valence-electron chi connectivity index (χ1n) is 8.67. The zero-order chi connectivity index (χ0) is 16.9. The van der Waals surface area contributed by atoms with Gasteiger partial charge in [0.15, 0.2) is 0 Å². The van der Waals surface area contributed by atoms with Crippen molar-refractivity contribution in [2.75, 3.05) is 5.75 Å². The Labute approximate surface area is 146 Å². The Bertz CT molecular complexity index is 767. The highest BCUT2D eigenvalue weighted by atomic mass is 32.2. The number of thioether (sulfide) groups is 1. The molecule has 2 aromatic rings. The largest absolute Gasteiger partial charge is 0.386 e. The van der Waals surface area contributed by atoms with Crippen molar-refractivity contribution in [2.24, 2.45) is 0 Å². The molecular formula is C20H22O3S. The number of ether oxygens (including phenoxy) is 1. The van der Waals surface area contributed by atoms with Gasteiger partial charge in [-0.1, -0.05) is 51.2 Å². The molecule has 0 saturated heterocycles. The fraction of sp³-hybridized carbons (Fsp3) is 0.400. The van der Waals surface area contributed by atoms with E-state index in [1.54, 1.807) is 17.8 Å². The fourth-order valence-electron chi connectivity index (χ4n) is 3.08. The highest BCUT2D eigenvalue weighted by Crippen LogP contribution is 2.33. The molecule has 3 nitrogen and oxygen atoms in total. The zero-order valence-electron chi connectivity index (χ0n) is 14.0. The number of hydrogen-bond acceptors (Lipinski definition) is 4. The van der Waals surface area contributed by atoms with E-state index in [4.69, 9.17) is 4.74 Å². The van der Waals surface area contributed by atoms with Gasteiger partial charge in [-0.25, -0.2) is 9.59 Å². The van der Waals surface area contributed by atoms with Crippen LogP contribution in [0.3, 0.4) is 0 Å². The molecule has 0 radical (unpaired) electrons. The maximum Gasteiger partial charge on any atom is 0.346 e. The molecule has 0 bridgehead atoms. The van der Waals surface area contributed by atoms with Crippen LogP contribution in [-0.2, 0) is 4.74 Å². The van der Waals surface area contributed by atoms with Crippen molar-refractivity contribution in [1.29, 1.82) is 0 Å². The van der Waals surface area contributed by atoms with Crippen LogP contribution in [0.15, 0.2) is 35.2 Å². The van der Waals surface area contributed by atoms with Crippen molar-refractivity contribution in [1.82, 2.24) is 0 Å². The average molecular weight is 342 g/mol. The smallest absolute Gasteiger partial charge is 0.346 e. The first-order chi connectivity index (χ1) is 11.7. The molecular weight excluding hydrogens is 320 g/mol. The molecule has 0 unspecified atom stereocenters. The van der Waals surface area contributed by atoms with Gasteiger partial charge in [0.25, 0.3) is 0 Å². The van der Waals surface area contributed by atoms with Gasteiger partial charge in [-0.3, -0.25) is 0 Å². The number of cyclic esters (lactones) is 2. The van der Waals surface area contributed by atoms with E-state index in [0.29, 0.717) is 11.1 Å². The lowest BCUT2D eigenvalue weighted by Gasteiger charge is -2.16. The molecule has 2 aromatic carbocycles. The number of carbonyl (C=O) groups is 2. The van der Waals surface area contributed by atoms with Crippen LogP contribution in [0.4, 0.5) is 0 Å². The summed E-state index contributed by atoms with van der Waals surface area (Å²) in [6.07, 6.45) is 7.66. The standard InChI is InChI=1S/C20H22O3S/c1-2-3-4-5-6-7-11-24-15-12-14-9-8-10-16-18(14)17(13-15)20(22)23-19(16)21/h8-10,12-13H,2-7,11H2,1H3. The summed E-state index contributed by atoms with van der Waals surface area (Å²) >= 11 is 1.77. The highest BCUT2D eigenvalue weighted by Gasteiger charge is 2.27. The summed E-state index contributed by atoms with van der Waals surface area (Å²) < 4.78 is 4.85. The number of hydrogen-bond donors (Lipinski definition) is 0. The van der Waals surface area contributed by atoms with E-state index in [1.807, 2.05) is 18.2 Å². The van der Waals surface area contributed by atoms with Crippen LogP contribution in [0.2, 0.25) is 0 Å². The molecule has 0 N–H and O–H groups in total. The third-order valence-electron chi connectivity index (χ3n) is 4.34. The van der Waals surface area contributed by atoms with E-state index in [0.717, 1.165) is 21.4 Å². The zero-order valence-corrected chi connectivity index (χ0v) is 14.8. The molecule has 0 aromatic heterocycles. The van der Waals surface area contributed by atoms with E-state index in [9.17, 15) is 9.59 Å². The van der Waals surface area contributed by atoms with Crippen LogP contribution in [0.5, 0.6) is 0 Å². The summed E-state index contributed by atoms with van der Waals surface area (Å²) in [6, 6.07) is 9.42. The van der Waals surface area contributed by atoms with E-state index >= 15 is 0 Å². The number of benzene rings is 2. The predicted octanol–water partition coefficient (Wildman–Crippen LogP) is 5.60. The second-order valence-corrected chi connectivity index (χ2v) is 7.34. The first kappa shape index (κ1) is 17.0.